The number of hydrogen-bond donors (Lipinski definition) is 1. The van der Waals surface area contributed by atoms with E-state index in [1.54, 1.807) is 6.92 Å². The van der Waals surface area contributed by atoms with E-state index in [-0.39, 0.29) is 11.7 Å². The lowest BCUT2D eigenvalue weighted by Crippen LogP contribution is -2.60. The Kier molecular flexibility index (Phi) is 5.76. The monoisotopic (exact) mass is 286 g/mol. The SMILES string of the molecule is CO[C@@H]1C(=O)CC[C@@](C)(O)C1C(C)(C)OCCC(C)C. The fourth-order valence-corrected chi connectivity index (χ4v) is 3.21. The first-order chi connectivity index (χ1) is 9.12. The van der Waals surface area contributed by atoms with Gasteiger partial charge in [-0.1, -0.05) is 13.8 Å². The molecule has 4 heteroatoms. The zero-order valence-electron chi connectivity index (χ0n) is 13.7. The Morgan fingerprint density at radius 1 is 1.45 bits per heavy atom. The summed E-state index contributed by atoms with van der Waals surface area (Å²) in [6.07, 6.45) is 1.20. The fraction of sp³-hybridized carbons (Fsp3) is 0.938. The van der Waals surface area contributed by atoms with E-state index >= 15 is 0 Å². The van der Waals surface area contributed by atoms with E-state index in [0.717, 1.165) is 6.42 Å². The predicted molar refractivity (Wildman–Crippen MR) is 78.6 cm³/mol. The van der Waals surface area contributed by atoms with Gasteiger partial charge in [0.25, 0.3) is 0 Å². The standard InChI is InChI=1S/C16H30O4/c1-11(2)8-10-20-15(3,4)14-13(19-6)12(17)7-9-16(14,5)18/h11,13-14,18H,7-10H2,1-6H3/t13-,14?,16-/m1/s1. The van der Waals surface area contributed by atoms with Crippen LogP contribution in [0.3, 0.4) is 0 Å². The number of rotatable bonds is 6. The molecule has 4 nitrogen and oxygen atoms in total. The largest absolute Gasteiger partial charge is 0.390 e. The highest BCUT2D eigenvalue weighted by molar-refractivity contribution is 5.84. The Balaban J connectivity index is 2.87. The molecule has 0 spiro atoms. The number of ether oxygens (including phenoxy) is 2. The fourth-order valence-electron chi connectivity index (χ4n) is 3.21. The van der Waals surface area contributed by atoms with Gasteiger partial charge in [-0.3, -0.25) is 4.79 Å². The van der Waals surface area contributed by atoms with Crippen molar-refractivity contribution in [3.63, 3.8) is 0 Å². The molecule has 1 aliphatic rings. The minimum Gasteiger partial charge on any atom is -0.390 e. The third kappa shape index (κ3) is 4.03. The lowest BCUT2D eigenvalue weighted by Gasteiger charge is -2.48. The van der Waals surface area contributed by atoms with E-state index in [9.17, 15) is 9.90 Å². The van der Waals surface area contributed by atoms with Crippen molar-refractivity contribution in [1.82, 2.24) is 0 Å². The normalized spacial score (nSPS) is 31.9. The molecule has 0 heterocycles. The molecule has 1 aliphatic carbocycles. The van der Waals surface area contributed by atoms with E-state index in [4.69, 9.17) is 9.47 Å². The smallest absolute Gasteiger partial charge is 0.162 e. The lowest BCUT2D eigenvalue weighted by molar-refractivity contribution is -0.196. The van der Waals surface area contributed by atoms with Gasteiger partial charge in [-0.15, -0.1) is 0 Å². The molecule has 0 amide bonds. The molecule has 0 aliphatic heterocycles. The van der Waals surface area contributed by atoms with Crippen LogP contribution in [-0.2, 0) is 14.3 Å². The molecule has 0 aromatic carbocycles. The number of aliphatic hydroxyl groups is 1. The summed E-state index contributed by atoms with van der Waals surface area (Å²) < 4.78 is 11.4. The number of carbonyl (C=O) groups excluding carboxylic acids is 1. The van der Waals surface area contributed by atoms with Crippen molar-refractivity contribution in [1.29, 1.82) is 0 Å². The van der Waals surface area contributed by atoms with E-state index < -0.39 is 17.3 Å². The van der Waals surface area contributed by atoms with E-state index in [1.165, 1.54) is 7.11 Å². The van der Waals surface area contributed by atoms with Crippen molar-refractivity contribution in [3.05, 3.63) is 0 Å². The second-order valence-electron chi connectivity index (χ2n) is 7.09. The zero-order valence-corrected chi connectivity index (χ0v) is 13.7. The lowest BCUT2D eigenvalue weighted by atomic mass is 9.67. The molecule has 3 atom stereocenters. The van der Waals surface area contributed by atoms with Crippen LogP contribution >= 0.6 is 0 Å². The molecule has 1 rings (SSSR count). The first-order valence-electron chi connectivity index (χ1n) is 7.53. The quantitative estimate of drug-likeness (QED) is 0.815. The van der Waals surface area contributed by atoms with Crippen LogP contribution in [0, 0.1) is 11.8 Å². The van der Waals surface area contributed by atoms with Crippen molar-refractivity contribution in [2.75, 3.05) is 13.7 Å². The highest BCUT2D eigenvalue weighted by Gasteiger charge is 2.53. The minimum atomic E-state index is -0.948. The molecule has 0 aromatic rings. The van der Waals surface area contributed by atoms with E-state index in [2.05, 4.69) is 13.8 Å². The maximum atomic E-state index is 12.1. The number of hydrogen-bond acceptors (Lipinski definition) is 4. The van der Waals surface area contributed by atoms with Gasteiger partial charge in [0.1, 0.15) is 6.10 Å². The maximum absolute atomic E-state index is 12.1. The average Bonchev–Trinajstić information content (AvgIpc) is 2.30. The van der Waals surface area contributed by atoms with Crippen LogP contribution in [0.25, 0.3) is 0 Å². The van der Waals surface area contributed by atoms with Gasteiger partial charge >= 0.3 is 0 Å². The Hall–Kier alpha value is -0.450. The van der Waals surface area contributed by atoms with Gasteiger partial charge in [0.2, 0.25) is 0 Å². The average molecular weight is 286 g/mol. The van der Waals surface area contributed by atoms with Crippen molar-refractivity contribution >= 4 is 5.78 Å². The molecule has 118 valence electrons. The van der Waals surface area contributed by atoms with Crippen molar-refractivity contribution in [2.45, 2.75) is 71.2 Å². The first kappa shape index (κ1) is 17.6. The third-order valence-electron chi connectivity index (χ3n) is 4.34. The van der Waals surface area contributed by atoms with Gasteiger partial charge in [-0.2, -0.15) is 0 Å². The summed E-state index contributed by atoms with van der Waals surface area (Å²) in [5.41, 5.74) is -1.55. The summed E-state index contributed by atoms with van der Waals surface area (Å²) >= 11 is 0. The molecular weight excluding hydrogens is 256 g/mol. The summed E-state index contributed by atoms with van der Waals surface area (Å²) in [5, 5.41) is 10.7. The predicted octanol–water partition coefficient (Wildman–Crippen LogP) is 2.57. The molecule has 0 bridgehead atoms. The first-order valence-corrected chi connectivity index (χ1v) is 7.53. The van der Waals surface area contributed by atoms with Crippen molar-refractivity contribution in [3.8, 4) is 0 Å². The van der Waals surface area contributed by atoms with Gasteiger partial charge in [0, 0.05) is 26.1 Å². The van der Waals surface area contributed by atoms with E-state index in [1.807, 2.05) is 13.8 Å². The minimum absolute atomic E-state index is 0.0598. The van der Waals surface area contributed by atoms with Crippen LogP contribution in [0.1, 0.15) is 53.9 Å². The molecule has 1 fully saturated rings. The Morgan fingerprint density at radius 3 is 2.55 bits per heavy atom. The maximum Gasteiger partial charge on any atom is 0.162 e. The van der Waals surface area contributed by atoms with Crippen molar-refractivity contribution in [2.24, 2.45) is 11.8 Å². The van der Waals surface area contributed by atoms with Crippen LogP contribution < -0.4 is 0 Å². The van der Waals surface area contributed by atoms with Gasteiger partial charge in [-0.05, 0) is 39.5 Å². The number of carbonyl (C=O) groups is 1. The van der Waals surface area contributed by atoms with Crippen molar-refractivity contribution < 1.29 is 19.4 Å². The van der Waals surface area contributed by atoms with Crippen LogP contribution in [0.15, 0.2) is 0 Å². The van der Waals surface area contributed by atoms with Crippen LogP contribution in [0.4, 0.5) is 0 Å². The second kappa shape index (κ2) is 6.54. The molecule has 1 unspecified atom stereocenters. The summed E-state index contributed by atoms with van der Waals surface area (Å²) in [4.78, 5) is 12.1. The Bertz CT molecular complexity index is 333. The van der Waals surface area contributed by atoms with Crippen LogP contribution in [0.2, 0.25) is 0 Å². The number of Topliss-reactive ketones (excluding diaryl/α,β-unsaturated/α-hetero) is 1. The zero-order chi connectivity index (χ0) is 15.6. The van der Waals surface area contributed by atoms with Gasteiger partial charge < -0.3 is 14.6 Å². The number of methoxy groups -OCH3 is 1. The Morgan fingerprint density at radius 2 is 2.05 bits per heavy atom. The Labute approximate surface area is 122 Å². The molecular formula is C16H30O4. The van der Waals surface area contributed by atoms with Crippen LogP contribution in [0.5, 0.6) is 0 Å². The third-order valence-corrected chi connectivity index (χ3v) is 4.34. The topological polar surface area (TPSA) is 55.8 Å². The van der Waals surface area contributed by atoms with Gasteiger partial charge in [-0.25, -0.2) is 0 Å². The number of ketones is 1. The summed E-state index contributed by atoms with van der Waals surface area (Å²) in [7, 11) is 1.53. The second-order valence-corrected chi connectivity index (χ2v) is 7.09. The van der Waals surface area contributed by atoms with Crippen LogP contribution in [-0.4, -0.2) is 41.9 Å². The molecule has 0 saturated heterocycles. The molecule has 0 aromatic heterocycles. The summed E-state index contributed by atoms with van der Waals surface area (Å²) in [6.45, 7) is 10.6. The van der Waals surface area contributed by atoms with Gasteiger partial charge in [0.15, 0.2) is 5.78 Å². The molecule has 1 N–H and O–H groups in total. The van der Waals surface area contributed by atoms with E-state index in [0.29, 0.717) is 25.4 Å². The highest BCUT2D eigenvalue weighted by atomic mass is 16.5. The molecule has 0 radical (unpaired) electrons. The molecule has 20 heavy (non-hydrogen) atoms. The summed E-state index contributed by atoms with van der Waals surface area (Å²) in [6, 6.07) is 0. The molecule has 1 saturated carbocycles. The summed E-state index contributed by atoms with van der Waals surface area (Å²) in [5.74, 6) is 0.274. The highest BCUT2D eigenvalue weighted by Crippen LogP contribution is 2.41. The van der Waals surface area contributed by atoms with Gasteiger partial charge in [0.05, 0.1) is 11.2 Å².